The quantitative estimate of drug-likeness (QED) is 0.692. The van der Waals surface area contributed by atoms with Crippen molar-refractivity contribution in [3.63, 3.8) is 0 Å². The second-order valence-corrected chi connectivity index (χ2v) is 10.2. The fraction of sp³-hybridized carbons (Fsp3) is 0.667. The zero-order valence-electron chi connectivity index (χ0n) is 17.1. The molecule has 1 N–H and O–H groups in total. The Morgan fingerprint density at radius 2 is 1.59 bits per heavy atom. The molecule has 5 nitrogen and oxygen atoms in total. The minimum atomic E-state index is -3.21. The highest BCUT2D eigenvalue weighted by Gasteiger charge is 2.25. The van der Waals surface area contributed by atoms with Gasteiger partial charge in [0.05, 0.1) is 11.8 Å². The topological polar surface area (TPSA) is 66.5 Å². The van der Waals surface area contributed by atoms with E-state index < -0.39 is 10.0 Å². The van der Waals surface area contributed by atoms with Crippen molar-refractivity contribution in [3.05, 3.63) is 35.4 Å². The Morgan fingerprint density at radius 3 is 2.11 bits per heavy atom. The Morgan fingerprint density at radius 1 is 1.04 bits per heavy atom. The van der Waals surface area contributed by atoms with E-state index in [0.717, 1.165) is 18.4 Å². The summed E-state index contributed by atoms with van der Waals surface area (Å²) in [6.45, 7) is 9.73. The third-order valence-electron chi connectivity index (χ3n) is 5.21. The molecule has 0 spiro atoms. The van der Waals surface area contributed by atoms with E-state index >= 15 is 0 Å². The Bertz CT molecular complexity index is 705. The lowest BCUT2D eigenvalue weighted by Gasteiger charge is -2.23. The van der Waals surface area contributed by atoms with Gasteiger partial charge in [-0.3, -0.25) is 4.79 Å². The van der Waals surface area contributed by atoms with Crippen LogP contribution in [0.5, 0.6) is 0 Å². The van der Waals surface area contributed by atoms with Gasteiger partial charge in [0, 0.05) is 19.5 Å². The molecule has 1 amide bonds. The van der Waals surface area contributed by atoms with Crippen molar-refractivity contribution in [2.75, 3.05) is 18.8 Å². The van der Waals surface area contributed by atoms with Crippen molar-refractivity contribution in [3.8, 4) is 0 Å². The van der Waals surface area contributed by atoms with Crippen LogP contribution in [0.4, 0.5) is 0 Å². The van der Waals surface area contributed by atoms with Crippen LogP contribution < -0.4 is 5.32 Å². The second kappa shape index (κ2) is 9.69. The molecule has 1 fully saturated rings. The normalized spacial score (nSPS) is 16.8. The molecule has 1 aromatic carbocycles. The summed E-state index contributed by atoms with van der Waals surface area (Å²) in [7, 11) is -3.21. The Balaban J connectivity index is 1.89. The number of hydrogen-bond donors (Lipinski definition) is 1. The van der Waals surface area contributed by atoms with Crippen LogP contribution in [0.15, 0.2) is 24.3 Å². The number of carbonyl (C=O) groups excluding carboxylic acids is 1. The number of nitrogens with one attached hydrogen (secondary N) is 1. The molecule has 152 valence electrons. The van der Waals surface area contributed by atoms with Crippen molar-refractivity contribution >= 4 is 15.9 Å². The number of amides is 1. The number of benzene rings is 1. The van der Waals surface area contributed by atoms with Crippen molar-refractivity contribution in [2.45, 2.75) is 65.3 Å². The molecular formula is C21H34N2O3S. The molecule has 1 atom stereocenters. The maximum absolute atomic E-state index is 12.4. The molecule has 0 bridgehead atoms. The molecule has 0 saturated carbocycles. The highest BCUT2D eigenvalue weighted by Crippen LogP contribution is 2.24. The van der Waals surface area contributed by atoms with E-state index in [1.165, 1.54) is 5.56 Å². The van der Waals surface area contributed by atoms with E-state index in [0.29, 0.717) is 25.4 Å². The number of nitrogens with zero attached hydrogens (tertiary/aromatic N) is 1. The highest BCUT2D eigenvalue weighted by molar-refractivity contribution is 7.89. The SMILES string of the molecule is CC(C)c1ccc(C(NC(=O)CCCS(=O)(=O)N2CCCC2)C(C)C)cc1. The third-order valence-corrected chi connectivity index (χ3v) is 7.17. The molecule has 2 rings (SSSR count). The van der Waals surface area contributed by atoms with Gasteiger partial charge in [0.25, 0.3) is 0 Å². The zero-order valence-corrected chi connectivity index (χ0v) is 17.9. The first kappa shape index (κ1) is 21.9. The summed E-state index contributed by atoms with van der Waals surface area (Å²) in [6, 6.07) is 8.33. The molecule has 0 aliphatic carbocycles. The molecular weight excluding hydrogens is 360 g/mol. The van der Waals surface area contributed by atoms with E-state index in [1.807, 2.05) is 0 Å². The van der Waals surface area contributed by atoms with Gasteiger partial charge in [-0.1, -0.05) is 52.0 Å². The Hall–Kier alpha value is -1.40. The Labute approximate surface area is 164 Å². The van der Waals surface area contributed by atoms with Gasteiger partial charge >= 0.3 is 0 Å². The summed E-state index contributed by atoms with van der Waals surface area (Å²) in [5.74, 6) is 0.699. The maximum Gasteiger partial charge on any atom is 0.220 e. The largest absolute Gasteiger partial charge is 0.349 e. The Kier molecular flexibility index (Phi) is 7.86. The predicted octanol–water partition coefficient (Wildman–Crippen LogP) is 3.83. The molecule has 1 unspecified atom stereocenters. The molecule has 1 aliphatic heterocycles. The second-order valence-electron chi connectivity index (χ2n) is 8.14. The average Bonchev–Trinajstić information content (AvgIpc) is 3.15. The lowest BCUT2D eigenvalue weighted by molar-refractivity contribution is -0.122. The molecule has 1 aromatic rings. The van der Waals surface area contributed by atoms with E-state index in [1.54, 1.807) is 4.31 Å². The molecule has 0 aromatic heterocycles. The van der Waals surface area contributed by atoms with Crippen molar-refractivity contribution in [1.82, 2.24) is 9.62 Å². The number of sulfonamides is 1. The third kappa shape index (κ3) is 6.32. The van der Waals surface area contributed by atoms with Crippen LogP contribution in [-0.4, -0.2) is 37.5 Å². The van der Waals surface area contributed by atoms with Crippen LogP contribution in [0.3, 0.4) is 0 Å². The minimum absolute atomic E-state index is 0.0514. The molecule has 0 radical (unpaired) electrons. The van der Waals surface area contributed by atoms with Gasteiger partial charge in [0.15, 0.2) is 0 Å². The summed E-state index contributed by atoms with van der Waals surface area (Å²) in [5.41, 5.74) is 2.37. The fourth-order valence-electron chi connectivity index (χ4n) is 3.48. The summed E-state index contributed by atoms with van der Waals surface area (Å²) >= 11 is 0. The van der Waals surface area contributed by atoms with Crippen LogP contribution in [-0.2, 0) is 14.8 Å². The monoisotopic (exact) mass is 394 g/mol. The van der Waals surface area contributed by atoms with E-state index in [9.17, 15) is 13.2 Å². The van der Waals surface area contributed by atoms with E-state index in [2.05, 4.69) is 57.3 Å². The van der Waals surface area contributed by atoms with Crippen LogP contribution in [0.1, 0.15) is 76.5 Å². The predicted molar refractivity (Wildman–Crippen MR) is 110 cm³/mol. The van der Waals surface area contributed by atoms with Gasteiger partial charge in [-0.05, 0) is 42.2 Å². The number of hydrogen-bond acceptors (Lipinski definition) is 3. The first-order chi connectivity index (χ1) is 12.7. The molecule has 1 heterocycles. The van der Waals surface area contributed by atoms with E-state index in [-0.39, 0.29) is 30.0 Å². The van der Waals surface area contributed by atoms with Crippen LogP contribution in [0, 0.1) is 5.92 Å². The smallest absolute Gasteiger partial charge is 0.220 e. The first-order valence-electron chi connectivity index (χ1n) is 10.1. The van der Waals surface area contributed by atoms with Gasteiger partial charge < -0.3 is 5.32 Å². The fourth-order valence-corrected chi connectivity index (χ4v) is 5.06. The minimum Gasteiger partial charge on any atom is -0.349 e. The number of rotatable bonds is 9. The van der Waals surface area contributed by atoms with Crippen LogP contribution in [0.25, 0.3) is 0 Å². The lowest BCUT2D eigenvalue weighted by Crippen LogP contribution is -2.33. The summed E-state index contributed by atoms with van der Waals surface area (Å²) in [4.78, 5) is 12.4. The van der Waals surface area contributed by atoms with Crippen molar-refractivity contribution < 1.29 is 13.2 Å². The molecule has 27 heavy (non-hydrogen) atoms. The summed E-state index contributed by atoms with van der Waals surface area (Å²) < 4.78 is 26.0. The lowest BCUT2D eigenvalue weighted by atomic mass is 9.93. The summed E-state index contributed by atoms with van der Waals surface area (Å²) in [5, 5.41) is 3.09. The summed E-state index contributed by atoms with van der Waals surface area (Å²) in [6.07, 6.45) is 2.47. The molecule has 1 aliphatic rings. The van der Waals surface area contributed by atoms with Gasteiger partial charge in [0.1, 0.15) is 0 Å². The van der Waals surface area contributed by atoms with Crippen LogP contribution in [0.2, 0.25) is 0 Å². The van der Waals surface area contributed by atoms with Gasteiger partial charge in [0.2, 0.25) is 15.9 Å². The molecule has 1 saturated heterocycles. The molecule has 6 heteroatoms. The maximum atomic E-state index is 12.4. The first-order valence-corrected chi connectivity index (χ1v) is 11.7. The van der Waals surface area contributed by atoms with E-state index in [4.69, 9.17) is 0 Å². The number of carbonyl (C=O) groups is 1. The van der Waals surface area contributed by atoms with Crippen molar-refractivity contribution in [1.29, 1.82) is 0 Å². The highest BCUT2D eigenvalue weighted by atomic mass is 32.2. The van der Waals surface area contributed by atoms with Gasteiger partial charge in [-0.25, -0.2) is 12.7 Å². The van der Waals surface area contributed by atoms with Gasteiger partial charge in [-0.2, -0.15) is 0 Å². The zero-order chi connectivity index (χ0) is 20.0. The van der Waals surface area contributed by atoms with Gasteiger partial charge in [-0.15, -0.1) is 0 Å². The van der Waals surface area contributed by atoms with Crippen molar-refractivity contribution in [2.24, 2.45) is 5.92 Å². The average molecular weight is 395 g/mol. The van der Waals surface area contributed by atoms with Crippen LogP contribution >= 0.6 is 0 Å². The standard InChI is InChI=1S/C21H34N2O3S/c1-16(2)18-9-11-19(12-10-18)21(17(3)4)22-20(24)8-7-15-27(25,26)23-13-5-6-14-23/h9-12,16-17,21H,5-8,13-15H2,1-4H3,(H,22,24).